The average Bonchev–Trinajstić information content (AvgIpc) is 2.83. The summed E-state index contributed by atoms with van der Waals surface area (Å²) >= 11 is 0. The molecule has 0 radical (unpaired) electrons. The maximum Gasteiger partial charge on any atom is 0.341 e. The Kier molecular flexibility index (Phi) is 3.85. The van der Waals surface area contributed by atoms with Gasteiger partial charge in [-0.3, -0.25) is 0 Å². The minimum absolute atomic E-state index is 0.117. The highest BCUT2D eigenvalue weighted by Crippen LogP contribution is 2.33. The number of rotatable bonds is 5. The fourth-order valence-corrected chi connectivity index (χ4v) is 1.97. The first kappa shape index (κ1) is 13.1. The summed E-state index contributed by atoms with van der Waals surface area (Å²) in [7, 11) is 1.53. The molecule has 0 saturated carbocycles. The van der Waals surface area contributed by atoms with E-state index in [2.05, 4.69) is 5.16 Å². The van der Waals surface area contributed by atoms with E-state index in [4.69, 9.17) is 9.26 Å². The summed E-state index contributed by atoms with van der Waals surface area (Å²) in [5.41, 5.74) is 1.05. The zero-order valence-corrected chi connectivity index (χ0v) is 10.8. The molecule has 1 heterocycles. The van der Waals surface area contributed by atoms with Crippen molar-refractivity contribution in [1.82, 2.24) is 5.16 Å². The molecule has 1 aromatic heterocycles. The lowest BCUT2D eigenvalue weighted by Crippen LogP contribution is -2.02. The van der Waals surface area contributed by atoms with Gasteiger partial charge >= 0.3 is 5.97 Å². The Morgan fingerprint density at radius 1 is 1.42 bits per heavy atom. The monoisotopic (exact) mass is 261 g/mol. The third-order valence-electron chi connectivity index (χ3n) is 2.82. The lowest BCUT2D eigenvalue weighted by molar-refractivity contribution is 0.0695. The predicted molar refractivity (Wildman–Crippen MR) is 69.4 cm³/mol. The van der Waals surface area contributed by atoms with E-state index in [9.17, 15) is 9.90 Å². The standard InChI is InChI=1S/C14H15NO4/c1-3-6-11-12(14(16)17)13(15-19-11)9-7-4-5-8-10(9)18-2/h4-5,7-8H,3,6H2,1-2H3,(H,16,17). The number of nitrogens with zero attached hydrogens (tertiary/aromatic N) is 1. The lowest BCUT2D eigenvalue weighted by atomic mass is 10.0. The van der Waals surface area contributed by atoms with Gasteiger partial charge in [-0.25, -0.2) is 4.79 Å². The van der Waals surface area contributed by atoms with Crippen LogP contribution in [0.2, 0.25) is 0 Å². The van der Waals surface area contributed by atoms with Crippen LogP contribution in [0.25, 0.3) is 11.3 Å². The van der Waals surface area contributed by atoms with Crippen LogP contribution in [0, 0.1) is 0 Å². The molecule has 0 aliphatic heterocycles. The predicted octanol–water partition coefficient (Wildman–Crippen LogP) is 3.00. The Bertz CT molecular complexity index is 589. The van der Waals surface area contributed by atoms with Crippen molar-refractivity contribution in [1.29, 1.82) is 0 Å². The van der Waals surface area contributed by atoms with Gasteiger partial charge in [0, 0.05) is 12.0 Å². The highest BCUT2D eigenvalue weighted by Gasteiger charge is 2.24. The molecule has 0 atom stereocenters. The van der Waals surface area contributed by atoms with Crippen LogP contribution < -0.4 is 4.74 Å². The van der Waals surface area contributed by atoms with Crippen molar-refractivity contribution in [3.05, 3.63) is 35.6 Å². The molecular weight excluding hydrogens is 246 g/mol. The van der Waals surface area contributed by atoms with E-state index in [0.29, 0.717) is 29.2 Å². The molecule has 0 bridgehead atoms. The van der Waals surface area contributed by atoms with E-state index < -0.39 is 5.97 Å². The summed E-state index contributed by atoms with van der Waals surface area (Å²) in [4.78, 5) is 11.4. The van der Waals surface area contributed by atoms with Gasteiger partial charge in [0.1, 0.15) is 17.0 Å². The molecule has 2 aromatic rings. The Hall–Kier alpha value is -2.30. The van der Waals surface area contributed by atoms with Crippen LogP contribution in [0.1, 0.15) is 29.5 Å². The number of carboxylic acids is 1. The molecule has 2 rings (SSSR count). The molecule has 0 unspecified atom stereocenters. The summed E-state index contributed by atoms with van der Waals surface area (Å²) in [5, 5.41) is 13.2. The topological polar surface area (TPSA) is 72.6 Å². The Morgan fingerprint density at radius 2 is 2.16 bits per heavy atom. The summed E-state index contributed by atoms with van der Waals surface area (Å²) in [6, 6.07) is 7.14. The minimum atomic E-state index is -1.04. The number of ether oxygens (including phenoxy) is 1. The van der Waals surface area contributed by atoms with Crippen molar-refractivity contribution >= 4 is 5.97 Å². The molecule has 0 fully saturated rings. The van der Waals surface area contributed by atoms with E-state index in [1.54, 1.807) is 18.2 Å². The summed E-state index contributed by atoms with van der Waals surface area (Å²) in [6.45, 7) is 1.96. The van der Waals surface area contributed by atoms with Crippen molar-refractivity contribution < 1.29 is 19.2 Å². The van der Waals surface area contributed by atoms with Gasteiger partial charge in [0.2, 0.25) is 0 Å². The first-order chi connectivity index (χ1) is 9.19. The first-order valence-corrected chi connectivity index (χ1v) is 6.04. The number of carbonyl (C=O) groups is 1. The van der Waals surface area contributed by atoms with Crippen LogP contribution in [-0.2, 0) is 6.42 Å². The number of hydrogen-bond acceptors (Lipinski definition) is 4. The van der Waals surface area contributed by atoms with Crippen molar-refractivity contribution in [3.8, 4) is 17.0 Å². The fraction of sp³-hybridized carbons (Fsp3) is 0.286. The number of benzene rings is 1. The molecule has 100 valence electrons. The highest BCUT2D eigenvalue weighted by molar-refractivity contribution is 5.96. The third kappa shape index (κ3) is 2.45. The molecule has 5 heteroatoms. The van der Waals surface area contributed by atoms with Crippen molar-refractivity contribution in [3.63, 3.8) is 0 Å². The normalized spacial score (nSPS) is 10.4. The van der Waals surface area contributed by atoms with E-state index in [0.717, 1.165) is 6.42 Å². The Balaban J connectivity index is 2.59. The van der Waals surface area contributed by atoms with Crippen LogP contribution >= 0.6 is 0 Å². The largest absolute Gasteiger partial charge is 0.496 e. The van der Waals surface area contributed by atoms with Crippen LogP contribution in [0.3, 0.4) is 0 Å². The summed E-state index contributed by atoms with van der Waals surface area (Å²) in [6.07, 6.45) is 1.34. The van der Waals surface area contributed by atoms with Gasteiger partial charge in [0.25, 0.3) is 0 Å². The van der Waals surface area contributed by atoms with Gasteiger partial charge < -0.3 is 14.4 Å². The van der Waals surface area contributed by atoms with Gasteiger partial charge in [-0.2, -0.15) is 0 Å². The Morgan fingerprint density at radius 3 is 2.79 bits per heavy atom. The molecule has 19 heavy (non-hydrogen) atoms. The molecule has 0 saturated heterocycles. The fourth-order valence-electron chi connectivity index (χ4n) is 1.97. The SMILES string of the molecule is CCCc1onc(-c2ccccc2OC)c1C(=O)O. The lowest BCUT2D eigenvalue weighted by Gasteiger charge is -2.05. The first-order valence-electron chi connectivity index (χ1n) is 6.04. The molecular formula is C14H15NO4. The van der Waals surface area contributed by atoms with E-state index in [1.165, 1.54) is 7.11 Å². The molecule has 0 amide bonds. The smallest absolute Gasteiger partial charge is 0.341 e. The van der Waals surface area contributed by atoms with Gasteiger partial charge in [0.15, 0.2) is 5.76 Å². The van der Waals surface area contributed by atoms with Crippen LogP contribution in [-0.4, -0.2) is 23.3 Å². The van der Waals surface area contributed by atoms with E-state index in [-0.39, 0.29) is 5.56 Å². The summed E-state index contributed by atoms with van der Waals surface area (Å²) < 4.78 is 10.4. The molecule has 0 aliphatic carbocycles. The molecule has 1 N–H and O–H groups in total. The van der Waals surface area contributed by atoms with E-state index >= 15 is 0 Å². The number of aryl methyl sites for hydroxylation is 1. The number of hydrogen-bond donors (Lipinski definition) is 1. The van der Waals surface area contributed by atoms with Crippen molar-refractivity contribution in [2.45, 2.75) is 19.8 Å². The molecule has 0 spiro atoms. The van der Waals surface area contributed by atoms with Crippen molar-refractivity contribution in [2.24, 2.45) is 0 Å². The second-order valence-electron chi connectivity index (χ2n) is 4.08. The quantitative estimate of drug-likeness (QED) is 0.895. The molecule has 0 aliphatic rings. The second kappa shape index (κ2) is 5.56. The minimum Gasteiger partial charge on any atom is -0.496 e. The maximum atomic E-state index is 11.4. The number of carboxylic acid groups (broad SMARTS) is 1. The zero-order valence-electron chi connectivity index (χ0n) is 10.8. The molecule has 1 aromatic carbocycles. The number of methoxy groups -OCH3 is 1. The highest BCUT2D eigenvalue weighted by atomic mass is 16.5. The third-order valence-corrected chi connectivity index (χ3v) is 2.82. The zero-order chi connectivity index (χ0) is 13.8. The Labute approximate surface area is 110 Å². The van der Waals surface area contributed by atoms with E-state index in [1.807, 2.05) is 13.0 Å². The van der Waals surface area contributed by atoms with Crippen LogP contribution in [0.4, 0.5) is 0 Å². The maximum absolute atomic E-state index is 11.4. The van der Waals surface area contributed by atoms with Crippen molar-refractivity contribution in [2.75, 3.05) is 7.11 Å². The van der Waals surface area contributed by atoms with Crippen LogP contribution in [0.15, 0.2) is 28.8 Å². The molecule has 5 nitrogen and oxygen atoms in total. The second-order valence-corrected chi connectivity index (χ2v) is 4.08. The summed E-state index contributed by atoms with van der Waals surface area (Å²) in [5.74, 6) is -0.0668. The van der Waals surface area contributed by atoms with Crippen LogP contribution in [0.5, 0.6) is 5.75 Å². The number of aromatic nitrogens is 1. The number of para-hydroxylation sites is 1. The van der Waals surface area contributed by atoms with Gasteiger partial charge in [-0.15, -0.1) is 0 Å². The van der Waals surface area contributed by atoms with Gasteiger partial charge in [0.05, 0.1) is 7.11 Å². The van der Waals surface area contributed by atoms with Gasteiger partial charge in [-0.05, 0) is 18.6 Å². The number of aromatic carboxylic acids is 1. The van der Waals surface area contributed by atoms with Gasteiger partial charge in [-0.1, -0.05) is 24.2 Å². The average molecular weight is 261 g/mol.